The van der Waals surface area contributed by atoms with Crippen LogP contribution in [0.2, 0.25) is 0 Å². The summed E-state index contributed by atoms with van der Waals surface area (Å²) in [7, 11) is 0. The minimum Gasteiger partial charge on any atom is -0.480 e. The van der Waals surface area contributed by atoms with E-state index in [4.69, 9.17) is 14.9 Å². The van der Waals surface area contributed by atoms with Gasteiger partial charge in [0.2, 0.25) is 5.91 Å². The molecule has 6 nitrogen and oxygen atoms in total. The van der Waals surface area contributed by atoms with Crippen LogP contribution < -0.4 is 5.32 Å². The normalized spacial score (nSPS) is 23.1. The van der Waals surface area contributed by atoms with E-state index in [9.17, 15) is 9.59 Å². The summed E-state index contributed by atoms with van der Waals surface area (Å²) in [5.41, 5.74) is 0. The number of carbonyl (C=O) groups is 2. The van der Waals surface area contributed by atoms with Crippen molar-refractivity contribution in [2.24, 2.45) is 5.92 Å². The maximum absolute atomic E-state index is 11.4. The molecule has 0 spiro atoms. The van der Waals surface area contributed by atoms with E-state index in [-0.39, 0.29) is 11.8 Å². The van der Waals surface area contributed by atoms with E-state index in [1.165, 1.54) is 0 Å². The summed E-state index contributed by atoms with van der Waals surface area (Å²) in [5, 5.41) is 19.5. The van der Waals surface area contributed by atoms with Gasteiger partial charge in [-0.15, -0.1) is 0 Å². The fourth-order valence-electron chi connectivity index (χ4n) is 1.22. The fraction of sp³-hybridized carbons (Fsp3) is 0.750. The van der Waals surface area contributed by atoms with E-state index in [2.05, 4.69) is 5.32 Å². The zero-order valence-electron chi connectivity index (χ0n) is 7.60. The fourth-order valence-corrected chi connectivity index (χ4v) is 1.22. The van der Waals surface area contributed by atoms with Crippen LogP contribution in [0.4, 0.5) is 0 Å². The molecule has 1 aliphatic heterocycles. The lowest BCUT2D eigenvalue weighted by molar-refractivity contribution is -0.143. The zero-order chi connectivity index (χ0) is 10.6. The van der Waals surface area contributed by atoms with E-state index >= 15 is 0 Å². The number of aliphatic hydroxyl groups excluding tert-OH is 1. The molecule has 1 heterocycles. The second-order valence-electron chi connectivity index (χ2n) is 3.14. The van der Waals surface area contributed by atoms with Gasteiger partial charge in [-0.2, -0.15) is 0 Å². The number of hydrogen-bond donors (Lipinski definition) is 3. The second kappa shape index (κ2) is 4.92. The zero-order valence-corrected chi connectivity index (χ0v) is 7.60. The Morgan fingerprint density at radius 2 is 2.29 bits per heavy atom. The summed E-state index contributed by atoms with van der Waals surface area (Å²) in [6.45, 7) is 0.243. The van der Waals surface area contributed by atoms with Gasteiger partial charge in [-0.3, -0.25) is 4.79 Å². The first-order valence-electron chi connectivity index (χ1n) is 4.37. The summed E-state index contributed by atoms with van der Waals surface area (Å²) >= 11 is 0. The van der Waals surface area contributed by atoms with Crippen molar-refractivity contribution in [3.05, 3.63) is 0 Å². The number of aliphatic carboxylic acids is 1. The van der Waals surface area contributed by atoms with Gasteiger partial charge in [-0.25, -0.2) is 4.79 Å². The number of amides is 1. The molecule has 0 aliphatic carbocycles. The minimum absolute atomic E-state index is 0.289. The maximum atomic E-state index is 11.4. The summed E-state index contributed by atoms with van der Waals surface area (Å²) in [4.78, 5) is 21.8. The van der Waals surface area contributed by atoms with Crippen molar-refractivity contribution in [3.8, 4) is 0 Å². The van der Waals surface area contributed by atoms with Gasteiger partial charge in [0.25, 0.3) is 0 Å². The third-order valence-corrected chi connectivity index (χ3v) is 2.10. The Balaban J connectivity index is 2.41. The summed E-state index contributed by atoms with van der Waals surface area (Å²) in [5.74, 6) is -1.90. The Hall–Kier alpha value is -1.14. The van der Waals surface area contributed by atoms with Crippen LogP contribution in [-0.2, 0) is 14.3 Å². The van der Waals surface area contributed by atoms with E-state index in [0.29, 0.717) is 19.6 Å². The lowest BCUT2D eigenvalue weighted by atomic mass is 10.1. The van der Waals surface area contributed by atoms with Crippen LogP contribution in [-0.4, -0.2) is 48.0 Å². The molecule has 1 unspecified atom stereocenters. The molecule has 0 aromatic heterocycles. The Bertz CT molecular complexity index is 224. The van der Waals surface area contributed by atoms with Crippen molar-refractivity contribution in [2.75, 3.05) is 19.8 Å². The lowest BCUT2D eigenvalue weighted by Crippen LogP contribution is -2.45. The van der Waals surface area contributed by atoms with Crippen molar-refractivity contribution in [1.82, 2.24) is 5.32 Å². The van der Waals surface area contributed by atoms with Crippen LogP contribution in [0.3, 0.4) is 0 Å². The number of nitrogens with one attached hydrogen (secondary N) is 1. The summed E-state index contributed by atoms with van der Waals surface area (Å²) in [6, 6.07) is -1.22. The van der Waals surface area contributed by atoms with Gasteiger partial charge in [-0.05, 0) is 6.42 Å². The largest absolute Gasteiger partial charge is 0.480 e. The lowest BCUT2D eigenvalue weighted by Gasteiger charge is -2.14. The minimum atomic E-state index is -1.24. The molecule has 3 N–H and O–H groups in total. The quantitative estimate of drug-likeness (QED) is 0.521. The van der Waals surface area contributed by atoms with E-state index in [0.717, 1.165) is 0 Å². The third-order valence-electron chi connectivity index (χ3n) is 2.10. The summed E-state index contributed by atoms with van der Waals surface area (Å²) in [6.07, 6.45) is 0.601. The molecule has 1 aliphatic rings. The highest BCUT2D eigenvalue weighted by Crippen LogP contribution is 2.12. The predicted octanol–water partition coefficient (Wildman–Crippen LogP) is -1.42. The van der Waals surface area contributed by atoms with Crippen molar-refractivity contribution in [3.63, 3.8) is 0 Å². The Labute approximate surface area is 80.9 Å². The number of carbonyl (C=O) groups excluding carboxylic acids is 1. The molecule has 6 heteroatoms. The predicted molar refractivity (Wildman–Crippen MR) is 45.6 cm³/mol. The first kappa shape index (κ1) is 10.9. The monoisotopic (exact) mass is 203 g/mol. The SMILES string of the molecule is O=C(N[C@@H](CO)C(=O)O)C1CCOC1. The number of rotatable bonds is 4. The number of aliphatic hydroxyl groups is 1. The van der Waals surface area contributed by atoms with Gasteiger partial charge in [-0.1, -0.05) is 0 Å². The van der Waals surface area contributed by atoms with Crippen LogP contribution in [0.1, 0.15) is 6.42 Å². The Kier molecular flexibility index (Phi) is 3.84. The number of carboxylic acids is 1. The molecule has 80 valence electrons. The molecule has 14 heavy (non-hydrogen) atoms. The molecule has 0 bridgehead atoms. The van der Waals surface area contributed by atoms with Gasteiger partial charge < -0.3 is 20.3 Å². The van der Waals surface area contributed by atoms with Crippen LogP contribution in [0, 0.1) is 5.92 Å². The standard InChI is InChI=1S/C8H13NO5/c10-3-6(8(12)13)9-7(11)5-1-2-14-4-5/h5-6,10H,1-4H2,(H,9,11)(H,12,13)/t5?,6-/m0/s1. The molecule has 1 saturated heterocycles. The molecule has 1 fully saturated rings. The Morgan fingerprint density at radius 1 is 1.57 bits per heavy atom. The molecule has 2 atom stereocenters. The van der Waals surface area contributed by atoms with Gasteiger partial charge in [0, 0.05) is 6.61 Å². The van der Waals surface area contributed by atoms with Gasteiger partial charge >= 0.3 is 5.97 Å². The van der Waals surface area contributed by atoms with E-state index in [1.54, 1.807) is 0 Å². The van der Waals surface area contributed by atoms with Gasteiger partial charge in [0.1, 0.15) is 6.04 Å². The molecule has 0 radical (unpaired) electrons. The van der Waals surface area contributed by atoms with Gasteiger partial charge in [0.05, 0.1) is 19.1 Å². The molecular weight excluding hydrogens is 190 g/mol. The van der Waals surface area contributed by atoms with Crippen molar-refractivity contribution < 1.29 is 24.5 Å². The summed E-state index contributed by atoms with van der Waals surface area (Å²) < 4.78 is 4.98. The first-order valence-corrected chi connectivity index (χ1v) is 4.37. The highest BCUT2D eigenvalue weighted by molar-refractivity contribution is 5.85. The van der Waals surface area contributed by atoms with E-state index < -0.39 is 18.6 Å². The molecule has 1 amide bonds. The Morgan fingerprint density at radius 3 is 2.71 bits per heavy atom. The van der Waals surface area contributed by atoms with Crippen LogP contribution >= 0.6 is 0 Å². The molecular formula is C8H13NO5. The average molecular weight is 203 g/mol. The number of hydrogen-bond acceptors (Lipinski definition) is 4. The van der Waals surface area contributed by atoms with Gasteiger partial charge in [0.15, 0.2) is 0 Å². The van der Waals surface area contributed by atoms with Crippen LogP contribution in [0.5, 0.6) is 0 Å². The molecule has 0 saturated carbocycles. The van der Waals surface area contributed by atoms with E-state index in [1.807, 2.05) is 0 Å². The van der Waals surface area contributed by atoms with Crippen molar-refractivity contribution in [2.45, 2.75) is 12.5 Å². The van der Waals surface area contributed by atoms with Crippen LogP contribution in [0.15, 0.2) is 0 Å². The second-order valence-corrected chi connectivity index (χ2v) is 3.14. The third kappa shape index (κ3) is 2.68. The topological polar surface area (TPSA) is 95.9 Å². The maximum Gasteiger partial charge on any atom is 0.328 e. The average Bonchev–Trinajstić information content (AvgIpc) is 2.65. The highest BCUT2D eigenvalue weighted by atomic mass is 16.5. The number of carboxylic acid groups (broad SMARTS) is 1. The molecule has 0 aromatic carbocycles. The van der Waals surface area contributed by atoms with Crippen LogP contribution in [0.25, 0.3) is 0 Å². The molecule has 1 rings (SSSR count). The molecule has 0 aromatic rings. The first-order chi connectivity index (χ1) is 6.65. The van der Waals surface area contributed by atoms with Crippen molar-refractivity contribution >= 4 is 11.9 Å². The van der Waals surface area contributed by atoms with Crippen molar-refractivity contribution in [1.29, 1.82) is 0 Å². The number of ether oxygens (including phenoxy) is 1. The highest BCUT2D eigenvalue weighted by Gasteiger charge is 2.27. The smallest absolute Gasteiger partial charge is 0.328 e.